The molecule has 2 aromatic rings. The number of anilines is 1. The number of aromatic nitrogens is 2. The smallest absolute Gasteiger partial charge is 0.339 e. The Labute approximate surface area is 241 Å². The minimum atomic E-state index is -4.35. The lowest BCUT2D eigenvalue weighted by Gasteiger charge is -2.25. The Kier molecular flexibility index (Phi) is 12.9. The van der Waals surface area contributed by atoms with E-state index >= 15 is 0 Å². The normalized spacial score (nSPS) is 13.2. The molecular weight excluding hydrogens is 605 g/mol. The highest BCUT2D eigenvalue weighted by molar-refractivity contribution is 8.68. The third kappa shape index (κ3) is 10.4. The zero-order valence-corrected chi connectivity index (χ0v) is 25.7. The summed E-state index contributed by atoms with van der Waals surface area (Å²) in [5.41, 5.74) is -1.22. The fourth-order valence-electron chi connectivity index (χ4n) is 2.84. The summed E-state index contributed by atoms with van der Waals surface area (Å²) in [5, 5.41) is 4.75. The second kappa shape index (κ2) is 15.4. The maximum atomic E-state index is 12.6. The molecule has 0 unspecified atom stereocenters. The molecule has 0 radical (unpaired) electrons. The number of nitrogens with zero attached hydrogens (tertiary/aromatic N) is 2. The van der Waals surface area contributed by atoms with Gasteiger partial charge in [0.2, 0.25) is 17.5 Å². The van der Waals surface area contributed by atoms with Gasteiger partial charge in [-0.15, -0.1) is 0 Å². The van der Waals surface area contributed by atoms with Gasteiger partial charge >= 0.3 is 12.0 Å². The van der Waals surface area contributed by atoms with Crippen molar-refractivity contribution >= 4 is 62.8 Å². The van der Waals surface area contributed by atoms with Crippen molar-refractivity contribution < 1.29 is 41.3 Å². The van der Waals surface area contributed by atoms with E-state index in [4.69, 9.17) is 30.3 Å². The molecular formula is C22H30N5O9PS3. The third-order valence-corrected chi connectivity index (χ3v) is 11.9. The number of benzene rings is 1. The summed E-state index contributed by atoms with van der Waals surface area (Å²) < 4.78 is 47.1. The highest BCUT2D eigenvalue weighted by Crippen LogP contribution is 2.59. The first-order valence-corrected chi connectivity index (χ1v) is 17.1. The molecule has 1 aromatic carbocycles. The molecule has 3 N–H and O–H groups in total. The quantitative estimate of drug-likeness (QED) is 0.255. The number of esters is 1. The number of carbonyl (C=O) groups is 3. The predicted molar refractivity (Wildman–Crippen MR) is 152 cm³/mol. The maximum absolute atomic E-state index is 12.6. The van der Waals surface area contributed by atoms with Gasteiger partial charge in [0.25, 0.3) is 10.0 Å². The summed E-state index contributed by atoms with van der Waals surface area (Å²) in [4.78, 5) is 42.9. The van der Waals surface area contributed by atoms with Gasteiger partial charge in [-0.1, -0.05) is 23.5 Å². The summed E-state index contributed by atoms with van der Waals surface area (Å²) in [6.07, 6.45) is -0.416. The molecule has 1 saturated heterocycles. The van der Waals surface area contributed by atoms with E-state index in [1.54, 1.807) is 27.0 Å². The van der Waals surface area contributed by atoms with Crippen LogP contribution in [-0.2, 0) is 45.1 Å². The van der Waals surface area contributed by atoms with E-state index in [1.165, 1.54) is 49.9 Å². The topological polar surface area (TPSA) is 184 Å². The molecule has 220 valence electrons. The molecule has 14 nitrogen and oxygen atoms in total. The van der Waals surface area contributed by atoms with Gasteiger partial charge in [-0.25, -0.2) is 32.7 Å². The van der Waals surface area contributed by atoms with Crippen LogP contribution in [0, 0.1) is 13.8 Å². The van der Waals surface area contributed by atoms with E-state index in [0.717, 1.165) is 0 Å². The molecule has 3 amide bonds. The zero-order valence-electron chi connectivity index (χ0n) is 22.3. The van der Waals surface area contributed by atoms with Crippen molar-refractivity contribution in [3.8, 4) is 0 Å². The Morgan fingerprint density at radius 3 is 2.25 bits per heavy atom. The van der Waals surface area contributed by atoms with Gasteiger partial charge in [-0.2, -0.15) is 0 Å². The number of nitrogens with one attached hydrogen (secondary N) is 3. The van der Waals surface area contributed by atoms with Crippen molar-refractivity contribution in [2.45, 2.75) is 24.8 Å². The third-order valence-electron chi connectivity index (χ3n) is 4.79. The number of hydrogen-bond acceptors (Lipinski definition) is 13. The van der Waals surface area contributed by atoms with E-state index in [2.05, 4.69) is 20.6 Å². The molecule has 1 aliphatic heterocycles. The van der Waals surface area contributed by atoms with Crippen molar-refractivity contribution in [2.24, 2.45) is 0 Å². The van der Waals surface area contributed by atoms with Crippen LogP contribution in [0.25, 0.3) is 0 Å². The second-order valence-corrected chi connectivity index (χ2v) is 16.0. The maximum Gasteiger partial charge on any atom is 0.339 e. The fraction of sp³-hybridized carbons (Fsp3) is 0.409. The lowest BCUT2D eigenvalue weighted by atomic mass is 10.2. The number of ether oxygens (including phenoxy) is 2. The van der Waals surface area contributed by atoms with E-state index in [1.807, 2.05) is 4.72 Å². The Hall–Kier alpha value is -2.66. The van der Waals surface area contributed by atoms with Crippen molar-refractivity contribution in [2.75, 3.05) is 45.6 Å². The van der Waals surface area contributed by atoms with Crippen LogP contribution in [0.2, 0.25) is 0 Å². The van der Waals surface area contributed by atoms with Crippen LogP contribution < -0.4 is 15.4 Å². The summed E-state index contributed by atoms with van der Waals surface area (Å²) in [6.45, 7) is 3.95. The number of aryl methyl sites for hydroxylation is 2. The lowest BCUT2D eigenvalue weighted by molar-refractivity contribution is -0.118. The molecule has 0 atom stereocenters. The Balaban J connectivity index is 0.000000395. The van der Waals surface area contributed by atoms with Gasteiger partial charge in [0, 0.05) is 32.7 Å². The number of rotatable bonds is 10. The van der Waals surface area contributed by atoms with Gasteiger partial charge in [0.1, 0.15) is 11.0 Å². The second-order valence-electron chi connectivity index (χ2n) is 7.85. The average molecular weight is 636 g/mol. The molecule has 1 aromatic heterocycles. The largest absolute Gasteiger partial charge is 0.454 e. The molecule has 0 spiro atoms. The Morgan fingerprint density at radius 2 is 1.73 bits per heavy atom. The lowest BCUT2D eigenvalue weighted by Crippen LogP contribution is -2.39. The van der Waals surface area contributed by atoms with Crippen LogP contribution in [0.5, 0.6) is 0 Å². The van der Waals surface area contributed by atoms with Crippen LogP contribution >= 0.6 is 17.1 Å². The van der Waals surface area contributed by atoms with Crippen LogP contribution in [0.1, 0.15) is 21.7 Å². The summed E-state index contributed by atoms with van der Waals surface area (Å²) in [7, 11) is 0.200. The molecule has 2 heterocycles. The summed E-state index contributed by atoms with van der Waals surface area (Å²) >= 11 is 6.25. The van der Waals surface area contributed by atoms with E-state index in [9.17, 15) is 22.8 Å². The molecule has 0 aliphatic carbocycles. The number of carbonyl (C=O) groups excluding carboxylic acids is 3. The van der Waals surface area contributed by atoms with E-state index in [-0.39, 0.29) is 41.3 Å². The van der Waals surface area contributed by atoms with E-state index in [0.29, 0.717) is 11.4 Å². The minimum Gasteiger partial charge on any atom is -0.454 e. The van der Waals surface area contributed by atoms with Crippen LogP contribution in [0.15, 0.2) is 35.2 Å². The molecule has 40 heavy (non-hydrogen) atoms. The van der Waals surface area contributed by atoms with Gasteiger partial charge in [-0.05, 0) is 43.9 Å². The molecule has 0 bridgehead atoms. The SMILES string of the molecule is CNC(=O)CSP(=S)(OC)OC.Cc1cc(C)nc(NC(=O)NS(=O)(=O)c2ccccc2C(=O)OC2COC2)n1. The molecule has 0 saturated carbocycles. The van der Waals surface area contributed by atoms with Crippen LogP contribution in [-0.4, -0.2) is 82.6 Å². The monoisotopic (exact) mass is 635 g/mol. The van der Waals surface area contributed by atoms with Crippen molar-refractivity contribution in [1.82, 2.24) is 20.0 Å². The van der Waals surface area contributed by atoms with Crippen LogP contribution in [0.4, 0.5) is 10.7 Å². The predicted octanol–water partition coefficient (Wildman–Crippen LogP) is 2.14. The van der Waals surface area contributed by atoms with Crippen molar-refractivity contribution in [3.05, 3.63) is 47.3 Å². The van der Waals surface area contributed by atoms with Gasteiger partial charge < -0.3 is 23.8 Å². The average Bonchev–Trinajstić information content (AvgIpc) is 2.88. The number of hydrogen-bond donors (Lipinski definition) is 3. The molecule has 3 rings (SSSR count). The van der Waals surface area contributed by atoms with Crippen molar-refractivity contribution in [3.63, 3.8) is 0 Å². The van der Waals surface area contributed by atoms with Crippen molar-refractivity contribution in [1.29, 1.82) is 0 Å². The summed E-state index contributed by atoms with van der Waals surface area (Å²) in [5.74, 6) is -0.659. The Morgan fingerprint density at radius 1 is 1.12 bits per heavy atom. The number of sulfonamides is 1. The zero-order chi connectivity index (χ0) is 29.9. The highest BCUT2D eigenvalue weighted by Gasteiger charge is 2.29. The van der Waals surface area contributed by atoms with Gasteiger partial charge in [0.05, 0.1) is 24.5 Å². The number of amides is 3. The van der Waals surface area contributed by atoms with Crippen LogP contribution in [0.3, 0.4) is 0 Å². The minimum absolute atomic E-state index is 0.0390. The first kappa shape index (κ1) is 33.5. The fourth-order valence-corrected chi connectivity index (χ4v) is 6.66. The van der Waals surface area contributed by atoms with Gasteiger partial charge in [-0.3, -0.25) is 10.1 Å². The van der Waals surface area contributed by atoms with E-state index < -0.39 is 33.8 Å². The number of urea groups is 1. The summed E-state index contributed by atoms with van der Waals surface area (Å²) in [6, 6.07) is 6.09. The highest BCUT2D eigenvalue weighted by atomic mass is 32.9. The molecule has 18 heteroatoms. The van der Waals surface area contributed by atoms with Gasteiger partial charge in [0.15, 0.2) is 0 Å². The standard InChI is InChI=1S/C17H18N4O6S.C5H12NO3PS2/c1-10-7-11(2)19-16(18-10)20-17(23)21-28(24,25)14-6-4-3-5-13(14)15(22)27-12-8-26-9-12;1-6-5(7)4-12-10(11,8-2)9-3/h3-7,12H,8-9H2,1-2H3,(H2,18,19,20,21,23);4H2,1-3H3,(H,6,7). The molecule has 1 fully saturated rings. The first-order valence-electron chi connectivity index (χ1n) is 11.4. The first-order chi connectivity index (χ1) is 18.8. The molecule has 1 aliphatic rings. The Bertz CT molecular complexity index is 1350.